The Bertz CT molecular complexity index is 392. The number of rotatable bonds is 8. The van der Waals surface area contributed by atoms with E-state index in [1.165, 1.54) is 25.0 Å². The Labute approximate surface area is 113 Å². The molecular formula is C15H22FNO2. The maximum Gasteiger partial charge on any atom is 0.123 e. The summed E-state index contributed by atoms with van der Waals surface area (Å²) in [5.41, 5.74) is -0.215. The van der Waals surface area contributed by atoms with Crippen molar-refractivity contribution in [1.29, 1.82) is 0 Å². The van der Waals surface area contributed by atoms with Gasteiger partial charge < -0.3 is 15.2 Å². The Kier molecular flexibility index (Phi) is 4.77. The molecule has 1 aromatic carbocycles. The molecule has 2 rings (SSSR count). The fraction of sp³-hybridized carbons (Fsp3) is 0.600. The minimum absolute atomic E-state index is 0.139. The summed E-state index contributed by atoms with van der Waals surface area (Å²) in [5.74, 6) is 0.427. The second-order valence-electron chi connectivity index (χ2n) is 5.54. The fourth-order valence-electron chi connectivity index (χ4n) is 2.10. The van der Waals surface area contributed by atoms with Crippen LogP contribution in [0.15, 0.2) is 24.3 Å². The van der Waals surface area contributed by atoms with Gasteiger partial charge in [0.15, 0.2) is 0 Å². The van der Waals surface area contributed by atoms with E-state index in [0.717, 1.165) is 12.8 Å². The van der Waals surface area contributed by atoms with Crippen molar-refractivity contribution in [3.05, 3.63) is 30.1 Å². The molecule has 0 aromatic heterocycles. The second kappa shape index (κ2) is 6.35. The van der Waals surface area contributed by atoms with Crippen LogP contribution in [0, 0.1) is 5.82 Å². The number of benzene rings is 1. The molecule has 0 amide bonds. The maximum atomic E-state index is 12.7. The third-order valence-electron chi connectivity index (χ3n) is 3.43. The fourth-order valence-corrected chi connectivity index (χ4v) is 2.10. The van der Waals surface area contributed by atoms with Crippen LogP contribution in [0.3, 0.4) is 0 Å². The molecule has 1 atom stereocenters. The molecule has 0 heterocycles. The van der Waals surface area contributed by atoms with Crippen LogP contribution < -0.4 is 10.1 Å². The van der Waals surface area contributed by atoms with Crippen LogP contribution in [0.2, 0.25) is 0 Å². The van der Waals surface area contributed by atoms with Crippen LogP contribution in [-0.2, 0) is 0 Å². The summed E-state index contributed by atoms with van der Waals surface area (Å²) < 4.78 is 18.3. The van der Waals surface area contributed by atoms with E-state index in [0.29, 0.717) is 18.4 Å². The first-order valence-electron chi connectivity index (χ1n) is 6.88. The standard InChI is InChI=1S/C15H22FNO2/c1-15(11-18,17-13-5-6-13)9-2-10-19-14-7-3-12(16)4-8-14/h3-4,7-8,13,17-18H,2,5-6,9-11H2,1H3. The minimum Gasteiger partial charge on any atom is -0.494 e. The molecule has 4 heteroatoms. The van der Waals surface area contributed by atoms with Crippen LogP contribution in [-0.4, -0.2) is 29.9 Å². The number of halogens is 1. The summed E-state index contributed by atoms with van der Waals surface area (Å²) >= 11 is 0. The minimum atomic E-state index is -0.256. The smallest absolute Gasteiger partial charge is 0.123 e. The highest BCUT2D eigenvalue weighted by Crippen LogP contribution is 2.24. The number of nitrogens with one attached hydrogen (secondary N) is 1. The lowest BCUT2D eigenvalue weighted by Gasteiger charge is -2.29. The highest BCUT2D eigenvalue weighted by Gasteiger charge is 2.31. The number of aliphatic hydroxyl groups excluding tert-OH is 1. The maximum absolute atomic E-state index is 12.7. The Balaban J connectivity index is 1.68. The lowest BCUT2D eigenvalue weighted by molar-refractivity contribution is 0.154. The quantitative estimate of drug-likeness (QED) is 0.711. The van der Waals surface area contributed by atoms with Crippen molar-refractivity contribution in [3.63, 3.8) is 0 Å². The van der Waals surface area contributed by atoms with Crippen molar-refractivity contribution in [2.75, 3.05) is 13.2 Å². The summed E-state index contributed by atoms with van der Waals surface area (Å²) in [6.07, 6.45) is 4.14. The van der Waals surface area contributed by atoms with E-state index in [1.807, 2.05) is 6.92 Å². The predicted octanol–water partition coefficient (Wildman–Crippen LogP) is 2.49. The van der Waals surface area contributed by atoms with Crippen molar-refractivity contribution in [2.45, 2.75) is 44.2 Å². The SMILES string of the molecule is CC(CO)(CCCOc1ccc(F)cc1)NC1CC1. The zero-order chi connectivity index (χ0) is 13.7. The summed E-state index contributed by atoms with van der Waals surface area (Å²) in [7, 11) is 0. The Morgan fingerprint density at radius 1 is 1.37 bits per heavy atom. The van der Waals surface area contributed by atoms with Gasteiger partial charge in [-0.25, -0.2) is 4.39 Å². The average molecular weight is 267 g/mol. The molecule has 3 nitrogen and oxygen atoms in total. The lowest BCUT2D eigenvalue weighted by Crippen LogP contribution is -2.47. The van der Waals surface area contributed by atoms with Gasteiger partial charge in [-0.05, 0) is 56.9 Å². The Hall–Kier alpha value is -1.13. The van der Waals surface area contributed by atoms with Crippen molar-refractivity contribution in [2.24, 2.45) is 0 Å². The Morgan fingerprint density at radius 3 is 2.63 bits per heavy atom. The van der Waals surface area contributed by atoms with Gasteiger partial charge >= 0.3 is 0 Å². The van der Waals surface area contributed by atoms with Gasteiger partial charge in [-0.2, -0.15) is 0 Å². The molecule has 106 valence electrons. The molecule has 1 fully saturated rings. The normalized spacial score (nSPS) is 18.1. The molecular weight excluding hydrogens is 245 g/mol. The van der Waals surface area contributed by atoms with Crippen molar-refractivity contribution >= 4 is 0 Å². The predicted molar refractivity (Wildman–Crippen MR) is 72.8 cm³/mol. The number of hydrogen-bond donors (Lipinski definition) is 2. The summed E-state index contributed by atoms with van der Waals surface area (Å²) in [4.78, 5) is 0. The van der Waals surface area contributed by atoms with Crippen molar-refractivity contribution in [1.82, 2.24) is 5.32 Å². The van der Waals surface area contributed by atoms with Gasteiger partial charge in [-0.1, -0.05) is 0 Å². The van der Waals surface area contributed by atoms with Crippen molar-refractivity contribution in [3.8, 4) is 5.75 Å². The van der Waals surface area contributed by atoms with Gasteiger partial charge in [0.25, 0.3) is 0 Å². The summed E-state index contributed by atoms with van der Waals surface area (Å²) in [5, 5.41) is 12.9. The number of hydrogen-bond acceptors (Lipinski definition) is 3. The largest absolute Gasteiger partial charge is 0.494 e. The van der Waals surface area contributed by atoms with Crippen LogP contribution in [0.25, 0.3) is 0 Å². The first-order valence-corrected chi connectivity index (χ1v) is 6.88. The molecule has 2 N–H and O–H groups in total. The highest BCUT2D eigenvalue weighted by molar-refractivity contribution is 5.21. The first kappa shape index (κ1) is 14.3. The van der Waals surface area contributed by atoms with E-state index in [4.69, 9.17) is 4.74 Å². The first-order chi connectivity index (χ1) is 9.11. The third kappa shape index (κ3) is 4.80. The van der Waals surface area contributed by atoms with Gasteiger partial charge in [0, 0.05) is 11.6 Å². The van der Waals surface area contributed by atoms with Gasteiger partial charge in [0.05, 0.1) is 13.2 Å². The summed E-state index contributed by atoms with van der Waals surface area (Å²) in [6, 6.07) is 6.62. The molecule has 19 heavy (non-hydrogen) atoms. The molecule has 1 aliphatic rings. The molecule has 0 saturated heterocycles. The van der Waals surface area contributed by atoms with Crippen LogP contribution >= 0.6 is 0 Å². The van der Waals surface area contributed by atoms with Crippen LogP contribution in [0.4, 0.5) is 4.39 Å². The van der Waals surface area contributed by atoms with E-state index < -0.39 is 0 Å². The van der Waals surface area contributed by atoms with Crippen LogP contribution in [0.1, 0.15) is 32.6 Å². The molecule has 1 unspecified atom stereocenters. The van der Waals surface area contributed by atoms with Gasteiger partial charge in [-0.3, -0.25) is 0 Å². The molecule has 0 radical (unpaired) electrons. The Morgan fingerprint density at radius 2 is 2.05 bits per heavy atom. The van der Waals surface area contributed by atoms with Gasteiger partial charge in [-0.15, -0.1) is 0 Å². The van der Waals surface area contributed by atoms with E-state index in [-0.39, 0.29) is 18.0 Å². The van der Waals surface area contributed by atoms with Crippen LogP contribution in [0.5, 0.6) is 5.75 Å². The third-order valence-corrected chi connectivity index (χ3v) is 3.43. The molecule has 0 bridgehead atoms. The molecule has 1 aliphatic carbocycles. The van der Waals surface area contributed by atoms with Crippen molar-refractivity contribution < 1.29 is 14.2 Å². The van der Waals surface area contributed by atoms with Gasteiger partial charge in [0.2, 0.25) is 0 Å². The highest BCUT2D eigenvalue weighted by atomic mass is 19.1. The molecule has 1 saturated carbocycles. The molecule has 1 aromatic rings. The van der Waals surface area contributed by atoms with E-state index in [1.54, 1.807) is 12.1 Å². The van der Waals surface area contributed by atoms with E-state index in [2.05, 4.69) is 5.32 Å². The second-order valence-corrected chi connectivity index (χ2v) is 5.54. The summed E-state index contributed by atoms with van der Waals surface area (Å²) in [6.45, 7) is 2.76. The van der Waals surface area contributed by atoms with Gasteiger partial charge in [0.1, 0.15) is 11.6 Å². The topological polar surface area (TPSA) is 41.5 Å². The van der Waals surface area contributed by atoms with E-state index in [9.17, 15) is 9.50 Å². The zero-order valence-corrected chi connectivity index (χ0v) is 11.4. The number of aliphatic hydroxyl groups is 1. The zero-order valence-electron chi connectivity index (χ0n) is 11.4. The lowest BCUT2D eigenvalue weighted by atomic mass is 9.97. The average Bonchev–Trinajstić information content (AvgIpc) is 3.21. The molecule has 0 spiro atoms. The number of ether oxygens (including phenoxy) is 1. The monoisotopic (exact) mass is 267 g/mol. The molecule has 0 aliphatic heterocycles. The van der Waals surface area contributed by atoms with E-state index >= 15 is 0 Å².